The fourth-order valence-corrected chi connectivity index (χ4v) is 5.44. The van der Waals surface area contributed by atoms with Crippen LogP contribution in [0.3, 0.4) is 0 Å². The smallest absolute Gasteiger partial charge is 0.309 e. The summed E-state index contributed by atoms with van der Waals surface area (Å²) in [4.78, 5) is 2.08. The minimum atomic E-state index is -3.70. The zero-order valence-corrected chi connectivity index (χ0v) is 17.2. The number of hydrogen-bond donors (Lipinski definition) is 0. The Morgan fingerprint density at radius 2 is 1.97 bits per heavy atom. The molecule has 2 heterocycles. The van der Waals surface area contributed by atoms with Gasteiger partial charge in [-0.15, -0.1) is 0 Å². The number of nitrogens with zero attached hydrogens (tertiary/aromatic N) is 2. The highest BCUT2D eigenvalue weighted by molar-refractivity contribution is 7.52. The van der Waals surface area contributed by atoms with E-state index in [0.29, 0.717) is 12.0 Å². The van der Waals surface area contributed by atoms with Gasteiger partial charge in [0.1, 0.15) is 0 Å². The van der Waals surface area contributed by atoms with Gasteiger partial charge in [-0.2, -0.15) is 0 Å². The van der Waals surface area contributed by atoms with Crippen LogP contribution in [0.4, 0.5) is 8.78 Å². The summed E-state index contributed by atoms with van der Waals surface area (Å²) in [6, 6.07) is 11.3. The first-order valence-corrected chi connectivity index (χ1v) is 11.0. The third-order valence-electron chi connectivity index (χ3n) is 5.08. The molecule has 5 nitrogen and oxygen atoms in total. The number of halogens is 2. The Labute approximate surface area is 168 Å². The minimum Gasteiger partial charge on any atom is -0.309 e. The molecule has 29 heavy (non-hydrogen) atoms. The van der Waals surface area contributed by atoms with Crippen LogP contribution >= 0.6 is 7.75 Å². The highest BCUT2D eigenvalue weighted by Gasteiger charge is 2.38. The Morgan fingerprint density at radius 1 is 1.17 bits per heavy atom. The zero-order chi connectivity index (χ0) is 20.6. The van der Waals surface area contributed by atoms with Crippen molar-refractivity contribution in [2.75, 3.05) is 27.2 Å². The SMILES string of the molecule is CN(C)CCc1cn(P2(=O)OCCC(c3ccc(F)c(F)c3)O2)c2ccccc12. The van der Waals surface area contributed by atoms with Crippen LogP contribution in [-0.4, -0.2) is 36.5 Å². The number of likely N-dealkylation sites (N-methyl/N-ethyl adjacent to an activating group) is 1. The second-order valence-corrected chi connectivity index (χ2v) is 9.26. The topological polar surface area (TPSA) is 43.7 Å². The molecular formula is C21H23F2N2O3P. The van der Waals surface area contributed by atoms with Crippen LogP contribution in [0, 0.1) is 11.6 Å². The van der Waals surface area contributed by atoms with Crippen LogP contribution in [0.25, 0.3) is 10.9 Å². The van der Waals surface area contributed by atoms with Crippen molar-refractivity contribution in [3.63, 3.8) is 0 Å². The quantitative estimate of drug-likeness (QED) is 0.535. The van der Waals surface area contributed by atoms with Gasteiger partial charge in [0.05, 0.1) is 18.2 Å². The molecule has 0 bridgehead atoms. The van der Waals surface area contributed by atoms with Gasteiger partial charge in [-0.05, 0) is 49.8 Å². The third kappa shape index (κ3) is 4.01. The second-order valence-electron chi connectivity index (χ2n) is 7.43. The molecule has 0 aliphatic carbocycles. The van der Waals surface area contributed by atoms with Gasteiger partial charge in [0.15, 0.2) is 11.6 Å². The van der Waals surface area contributed by atoms with E-state index in [2.05, 4.69) is 4.90 Å². The second kappa shape index (κ2) is 8.00. The molecule has 1 aromatic heterocycles. The van der Waals surface area contributed by atoms with E-state index in [0.717, 1.165) is 41.6 Å². The molecule has 0 N–H and O–H groups in total. The number of benzene rings is 2. The Balaban J connectivity index is 1.70. The molecule has 1 fully saturated rings. The number of aromatic nitrogens is 1. The Hall–Kier alpha value is -2.05. The molecule has 8 heteroatoms. The largest absolute Gasteiger partial charge is 0.439 e. The van der Waals surface area contributed by atoms with Crippen LogP contribution in [0.5, 0.6) is 0 Å². The normalized spacial score (nSPS) is 22.4. The summed E-state index contributed by atoms with van der Waals surface area (Å²) >= 11 is 0. The fourth-order valence-electron chi connectivity index (χ4n) is 3.55. The maximum atomic E-state index is 13.7. The van der Waals surface area contributed by atoms with Crippen molar-refractivity contribution in [1.82, 2.24) is 9.24 Å². The molecule has 1 saturated heterocycles. The lowest BCUT2D eigenvalue weighted by Gasteiger charge is -2.30. The van der Waals surface area contributed by atoms with E-state index in [1.54, 1.807) is 4.34 Å². The Morgan fingerprint density at radius 3 is 2.72 bits per heavy atom. The van der Waals surface area contributed by atoms with E-state index >= 15 is 0 Å². The van der Waals surface area contributed by atoms with Crippen LogP contribution in [-0.2, 0) is 20.0 Å². The Kier molecular flexibility index (Phi) is 5.58. The molecule has 2 atom stereocenters. The third-order valence-corrected chi connectivity index (χ3v) is 6.97. The first-order chi connectivity index (χ1) is 13.9. The number of para-hydroxylation sites is 1. The lowest BCUT2D eigenvalue weighted by atomic mass is 10.1. The average Bonchev–Trinajstić information content (AvgIpc) is 3.08. The first-order valence-electron chi connectivity index (χ1n) is 9.50. The lowest BCUT2D eigenvalue weighted by Crippen LogP contribution is -2.17. The summed E-state index contributed by atoms with van der Waals surface area (Å²) in [5.41, 5.74) is 2.25. The van der Waals surface area contributed by atoms with Crippen LogP contribution in [0.15, 0.2) is 48.7 Å². The van der Waals surface area contributed by atoms with Gasteiger partial charge in [0.25, 0.3) is 0 Å². The summed E-state index contributed by atoms with van der Waals surface area (Å²) < 4.78 is 53.7. The molecule has 0 spiro atoms. The molecule has 0 amide bonds. The maximum absolute atomic E-state index is 13.7. The van der Waals surface area contributed by atoms with Crippen molar-refractivity contribution in [3.8, 4) is 0 Å². The van der Waals surface area contributed by atoms with Gasteiger partial charge >= 0.3 is 7.75 Å². The van der Waals surface area contributed by atoms with Gasteiger partial charge in [-0.25, -0.2) is 13.3 Å². The van der Waals surface area contributed by atoms with Crippen molar-refractivity contribution < 1.29 is 22.4 Å². The molecule has 0 radical (unpaired) electrons. The van der Waals surface area contributed by atoms with E-state index < -0.39 is 25.5 Å². The minimum absolute atomic E-state index is 0.195. The molecular weight excluding hydrogens is 397 g/mol. The summed E-state index contributed by atoms with van der Waals surface area (Å²) in [7, 11) is 0.303. The molecule has 1 aliphatic heterocycles. The molecule has 2 unspecified atom stereocenters. The Bertz CT molecular complexity index is 1080. The van der Waals surface area contributed by atoms with Crippen molar-refractivity contribution in [3.05, 3.63) is 71.4 Å². The van der Waals surface area contributed by atoms with Crippen LogP contribution in [0.2, 0.25) is 0 Å². The summed E-state index contributed by atoms with van der Waals surface area (Å²) in [5, 5.41) is 0.992. The van der Waals surface area contributed by atoms with Crippen molar-refractivity contribution in [2.24, 2.45) is 0 Å². The molecule has 2 aromatic carbocycles. The van der Waals surface area contributed by atoms with Gasteiger partial charge in [-0.3, -0.25) is 13.4 Å². The van der Waals surface area contributed by atoms with Crippen molar-refractivity contribution in [2.45, 2.75) is 18.9 Å². The first kappa shape index (κ1) is 20.2. The van der Waals surface area contributed by atoms with Gasteiger partial charge in [-0.1, -0.05) is 24.3 Å². The van der Waals surface area contributed by atoms with E-state index in [-0.39, 0.29) is 6.61 Å². The highest BCUT2D eigenvalue weighted by atomic mass is 31.2. The summed E-state index contributed by atoms with van der Waals surface area (Å²) in [5.74, 6) is -1.88. The molecule has 0 saturated carbocycles. The monoisotopic (exact) mass is 420 g/mol. The van der Waals surface area contributed by atoms with Gasteiger partial charge < -0.3 is 4.90 Å². The number of hydrogen-bond acceptors (Lipinski definition) is 4. The summed E-state index contributed by atoms with van der Waals surface area (Å²) in [6.45, 7) is 1.04. The fraction of sp³-hybridized carbons (Fsp3) is 0.333. The van der Waals surface area contributed by atoms with E-state index in [1.807, 2.05) is 44.6 Å². The highest BCUT2D eigenvalue weighted by Crippen LogP contribution is 2.58. The van der Waals surface area contributed by atoms with E-state index in [1.165, 1.54) is 6.07 Å². The van der Waals surface area contributed by atoms with Crippen molar-refractivity contribution >= 4 is 18.6 Å². The average molecular weight is 420 g/mol. The molecule has 1 aliphatic rings. The maximum Gasteiger partial charge on any atom is 0.439 e. The molecule has 3 aromatic rings. The van der Waals surface area contributed by atoms with E-state index in [9.17, 15) is 13.3 Å². The molecule has 154 valence electrons. The van der Waals surface area contributed by atoms with Crippen LogP contribution in [0.1, 0.15) is 23.7 Å². The van der Waals surface area contributed by atoms with E-state index in [4.69, 9.17) is 9.05 Å². The van der Waals surface area contributed by atoms with Gasteiger partial charge in [0.2, 0.25) is 0 Å². The predicted molar refractivity (Wildman–Crippen MR) is 108 cm³/mol. The van der Waals surface area contributed by atoms with Gasteiger partial charge in [0, 0.05) is 24.5 Å². The zero-order valence-electron chi connectivity index (χ0n) is 16.3. The predicted octanol–water partition coefficient (Wildman–Crippen LogP) is 5.16. The summed E-state index contributed by atoms with van der Waals surface area (Å²) in [6.07, 6.45) is 2.37. The van der Waals surface area contributed by atoms with Crippen LogP contribution < -0.4 is 0 Å². The molecule has 4 rings (SSSR count). The lowest BCUT2D eigenvalue weighted by molar-refractivity contribution is 0.0769. The van der Waals surface area contributed by atoms with Crippen molar-refractivity contribution in [1.29, 1.82) is 0 Å². The number of fused-ring (bicyclic) bond motifs is 1. The number of rotatable bonds is 5. The standard InChI is InChI=1S/C21H23F2N2O3P/c1-24(2)11-9-16-14-25(20-6-4-3-5-17(16)20)29(26)27-12-10-21(28-29)15-7-8-18(22)19(23)13-15/h3-8,13-14,21H,9-12H2,1-2H3.